The van der Waals surface area contributed by atoms with Gasteiger partial charge in [0.2, 0.25) is 5.91 Å². The fourth-order valence-electron chi connectivity index (χ4n) is 2.46. The third-order valence-corrected chi connectivity index (χ3v) is 3.48. The van der Waals surface area contributed by atoms with Crippen LogP contribution >= 0.6 is 11.6 Å². The van der Waals surface area contributed by atoms with Gasteiger partial charge in [0.25, 0.3) is 0 Å². The number of halogens is 1. The van der Waals surface area contributed by atoms with Crippen molar-refractivity contribution in [1.82, 2.24) is 4.98 Å². The number of aromatic nitrogens is 1. The maximum absolute atomic E-state index is 12.0. The molecule has 0 spiro atoms. The van der Waals surface area contributed by atoms with Gasteiger partial charge in [0.05, 0.1) is 11.9 Å². The van der Waals surface area contributed by atoms with Crippen molar-refractivity contribution in [1.29, 1.82) is 0 Å². The normalized spacial score (nSPS) is 16.8. The summed E-state index contributed by atoms with van der Waals surface area (Å²) in [4.78, 5) is 17.9. The Morgan fingerprint density at radius 3 is 2.76 bits per heavy atom. The molecule has 0 aliphatic heterocycles. The van der Waals surface area contributed by atoms with Gasteiger partial charge >= 0.3 is 0 Å². The van der Waals surface area contributed by atoms with Crippen LogP contribution in [0.2, 0.25) is 0 Å². The molecule has 1 aliphatic rings. The molecule has 0 bridgehead atoms. The lowest BCUT2D eigenvalue weighted by Gasteiger charge is -2.33. The van der Waals surface area contributed by atoms with Gasteiger partial charge in [0.15, 0.2) is 0 Å². The molecule has 2 rings (SSSR count). The summed E-state index contributed by atoms with van der Waals surface area (Å²) in [5.41, 5.74) is 0.866. The maximum atomic E-state index is 12.0. The predicted octanol–water partition coefficient (Wildman–Crippen LogP) is 2.99. The number of hydrogen-bond acceptors (Lipinski definition) is 2. The van der Waals surface area contributed by atoms with Gasteiger partial charge in [-0.25, -0.2) is 0 Å². The molecule has 0 atom stereocenters. The van der Waals surface area contributed by atoms with Gasteiger partial charge in [0, 0.05) is 12.2 Å². The van der Waals surface area contributed by atoms with E-state index in [0.29, 0.717) is 6.04 Å². The molecule has 92 valence electrons. The number of anilines is 1. The fourth-order valence-corrected chi connectivity index (χ4v) is 2.59. The van der Waals surface area contributed by atoms with E-state index in [-0.39, 0.29) is 11.8 Å². The summed E-state index contributed by atoms with van der Waals surface area (Å²) in [6.45, 7) is 0. The Balaban J connectivity index is 2.21. The van der Waals surface area contributed by atoms with Crippen molar-refractivity contribution in [3.63, 3.8) is 0 Å². The minimum Gasteiger partial charge on any atom is -0.307 e. The van der Waals surface area contributed by atoms with Gasteiger partial charge < -0.3 is 4.90 Å². The molecule has 1 heterocycles. The summed E-state index contributed by atoms with van der Waals surface area (Å²) in [5.74, 6) is 0.0114. The molecule has 0 aromatic carbocycles. The lowest BCUT2D eigenvalue weighted by molar-refractivity contribution is -0.116. The molecule has 1 fully saturated rings. The topological polar surface area (TPSA) is 33.2 Å². The van der Waals surface area contributed by atoms with E-state index in [4.69, 9.17) is 11.6 Å². The molecule has 0 saturated heterocycles. The molecule has 1 amide bonds. The Kier molecular flexibility index (Phi) is 4.37. The Hall–Kier alpha value is -1.09. The highest BCUT2D eigenvalue weighted by atomic mass is 35.5. The van der Waals surface area contributed by atoms with Crippen LogP contribution in [0.1, 0.15) is 32.1 Å². The SMILES string of the molecule is O=C(CCl)N(c1cccnc1)C1CCCCC1. The second-order valence-corrected chi connectivity index (χ2v) is 4.67. The number of nitrogens with zero attached hydrogens (tertiary/aromatic N) is 2. The van der Waals surface area contributed by atoms with Gasteiger partial charge in [-0.3, -0.25) is 9.78 Å². The third-order valence-electron chi connectivity index (χ3n) is 3.25. The van der Waals surface area contributed by atoms with Crippen LogP contribution in [0.5, 0.6) is 0 Å². The molecule has 1 saturated carbocycles. The smallest absolute Gasteiger partial charge is 0.242 e. The van der Waals surface area contributed by atoms with E-state index in [9.17, 15) is 4.79 Å². The highest BCUT2D eigenvalue weighted by Gasteiger charge is 2.26. The molecule has 4 heteroatoms. The second kappa shape index (κ2) is 6.01. The van der Waals surface area contributed by atoms with Crippen LogP contribution < -0.4 is 4.90 Å². The first-order valence-corrected chi connectivity index (χ1v) is 6.64. The highest BCUT2D eigenvalue weighted by Crippen LogP contribution is 2.27. The van der Waals surface area contributed by atoms with Crippen LogP contribution in [0.25, 0.3) is 0 Å². The van der Waals surface area contributed by atoms with Crippen molar-refractivity contribution in [3.8, 4) is 0 Å². The summed E-state index contributed by atoms with van der Waals surface area (Å²) in [7, 11) is 0. The highest BCUT2D eigenvalue weighted by molar-refractivity contribution is 6.29. The van der Waals surface area contributed by atoms with Gasteiger partial charge in [-0.2, -0.15) is 0 Å². The quantitative estimate of drug-likeness (QED) is 0.775. The molecule has 1 aromatic rings. The Morgan fingerprint density at radius 2 is 2.18 bits per heavy atom. The fraction of sp³-hybridized carbons (Fsp3) is 0.538. The first kappa shape index (κ1) is 12.4. The zero-order valence-corrected chi connectivity index (χ0v) is 10.6. The van der Waals surface area contributed by atoms with E-state index < -0.39 is 0 Å². The zero-order chi connectivity index (χ0) is 12.1. The molecular weight excluding hydrogens is 236 g/mol. The summed E-state index contributed by atoms with van der Waals surface area (Å²) in [6, 6.07) is 4.07. The number of hydrogen-bond donors (Lipinski definition) is 0. The number of carbonyl (C=O) groups excluding carboxylic acids is 1. The van der Waals surface area contributed by atoms with Crippen molar-refractivity contribution >= 4 is 23.2 Å². The molecule has 1 aromatic heterocycles. The monoisotopic (exact) mass is 252 g/mol. The van der Waals surface area contributed by atoms with Gasteiger partial charge in [-0.1, -0.05) is 19.3 Å². The van der Waals surface area contributed by atoms with Gasteiger partial charge in [0.1, 0.15) is 5.88 Å². The minimum atomic E-state index is -0.0217. The average Bonchev–Trinajstić information content (AvgIpc) is 2.41. The van der Waals surface area contributed by atoms with E-state index in [1.807, 2.05) is 17.0 Å². The first-order valence-electron chi connectivity index (χ1n) is 6.11. The lowest BCUT2D eigenvalue weighted by atomic mass is 9.94. The van der Waals surface area contributed by atoms with Crippen LogP contribution in [0, 0.1) is 0 Å². The van der Waals surface area contributed by atoms with Crippen LogP contribution in [-0.4, -0.2) is 22.8 Å². The standard InChI is InChI=1S/C13H17ClN2O/c14-9-13(17)16(11-5-2-1-3-6-11)12-7-4-8-15-10-12/h4,7-8,10-11H,1-3,5-6,9H2. The van der Waals surface area contributed by atoms with Crippen LogP contribution in [0.4, 0.5) is 5.69 Å². The third kappa shape index (κ3) is 2.97. The average molecular weight is 253 g/mol. The molecule has 17 heavy (non-hydrogen) atoms. The maximum Gasteiger partial charge on any atom is 0.242 e. The van der Waals surface area contributed by atoms with Crippen molar-refractivity contribution in [3.05, 3.63) is 24.5 Å². The number of amides is 1. The summed E-state index contributed by atoms with van der Waals surface area (Å²) in [5, 5.41) is 0. The Bertz CT molecular complexity index is 363. The van der Waals surface area contributed by atoms with E-state index in [1.165, 1.54) is 19.3 Å². The largest absolute Gasteiger partial charge is 0.307 e. The molecular formula is C13H17ClN2O. The number of alkyl halides is 1. The van der Waals surface area contributed by atoms with Crippen LogP contribution in [0.15, 0.2) is 24.5 Å². The molecule has 0 radical (unpaired) electrons. The summed E-state index contributed by atoms with van der Waals surface area (Å²) < 4.78 is 0. The van der Waals surface area contributed by atoms with Gasteiger partial charge in [-0.05, 0) is 25.0 Å². The van der Waals surface area contributed by atoms with E-state index in [0.717, 1.165) is 18.5 Å². The van der Waals surface area contributed by atoms with Crippen molar-refractivity contribution in [2.75, 3.05) is 10.8 Å². The van der Waals surface area contributed by atoms with Gasteiger partial charge in [-0.15, -0.1) is 11.6 Å². The summed E-state index contributed by atoms with van der Waals surface area (Å²) >= 11 is 5.70. The van der Waals surface area contributed by atoms with Crippen LogP contribution in [-0.2, 0) is 4.79 Å². The Labute approximate surface area is 107 Å². The summed E-state index contributed by atoms with van der Waals surface area (Å²) in [6.07, 6.45) is 9.24. The molecule has 0 unspecified atom stereocenters. The molecule has 1 aliphatic carbocycles. The van der Waals surface area contributed by atoms with E-state index in [2.05, 4.69) is 4.98 Å². The Morgan fingerprint density at radius 1 is 1.41 bits per heavy atom. The second-order valence-electron chi connectivity index (χ2n) is 4.40. The number of rotatable bonds is 3. The van der Waals surface area contributed by atoms with E-state index >= 15 is 0 Å². The predicted molar refractivity (Wildman–Crippen MR) is 69.3 cm³/mol. The molecule has 3 nitrogen and oxygen atoms in total. The van der Waals surface area contributed by atoms with Crippen molar-refractivity contribution in [2.24, 2.45) is 0 Å². The zero-order valence-electron chi connectivity index (χ0n) is 9.81. The number of pyridine rings is 1. The van der Waals surface area contributed by atoms with Crippen LogP contribution in [0.3, 0.4) is 0 Å². The minimum absolute atomic E-state index is 0.0217. The molecule has 0 N–H and O–H groups in total. The van der Waals surface area contributed by atoms with Crippen molar-refractivity contribution in [2.45, 2.75) is 38.1 Å². The van der Waals surface area contributed by atoms with E-state index in [1.54, 1.807) is 12.4 Å². The number of carbonyl (C=O) groups is 1. The van der Waals surface area contributed by atoms with Crippen molar-refractivity contribution < 1.29 is 4.79 Å². The lowest BCUT2D eigenvalue weighted by Crippen LogP contribution is -2.42. The first-order chi connectivity index (χ1) is 8.33.